The van der Waals surface area contributed by atoms with Crippen molar-refractivity contribution in [2.45, 2.75) is 26.5 Å². The molecule has 1 atom stereocenters. The van der Waals surface area contributed by atoms with Gasteiger partial charge in [0.25, 0.3) is 5.56 Å². The lowest BCUT2D eigenvalue weighted by Gasteiger charge is -2.23. The van der Waals surface area contributed by atoms with Gasteiger partial charge in [0.05, 0.1) is 40.0 Å². The standard InChI is InChI=1S/C32H28BrIN2O6S/c1-4-40-26-13-9-21(16-27(26)41-5-2)29-23(31(38)39-3)17-35-32-36(29)30(37)28(43-32)15-20-8-12-25(24(34)14-20)42-18-19-6-10-22(33)11-7-19/h6-17,29H,4-5,18H2,1-3H3/b28-15-/t29-/m1/s1. The van der Waals surface area contributed by atoms with Crippen molar-refractivity contribution in [3.05, 3.63) is 117 Å². The molecule has 2 heterocycles. The van der Waals surface area contributed by atoms with Crippen molar-refractivity contribution in [1.82, 2.24) is 4.57 Å². The molecule has 222 valence electrons. The van der Waals surface area contributed by atoms with Crippen LogP contribution in [0.4, 0.5) is 0 Å². The van der Waals surface area contributed by atoms with Crippen molar-refractivity contribution < 1.29 is 23.7 Å². The van der Waals surface area contributed by atoms with E-state index in [0.29, 0.717) is 46.2 Å². The number of carbonyl (C=O) groups excluding carboxylic acids is 1. The minimum absolute atomic E-state index is 0.245. The van der Waals surface area contributed by atoms with E-state index in [1.807, 2.05) is 68.5 Å². The lowest BCUT2D eigenvalue weighted by Crippen LogP contribution is -2.39. The summed E-state index contributed by atoms with van der Waals surface area (Å²) in [6.45, 7) is 5.12. The van der Waals surface area contributed by atoms with Crippen LogP contribution in [0, 0.1) is 3.57 Å². The third kappa shape index (κ3) is 6.89. The van der Waals surface area contributed by atoms with E-state index in [2.05, 4.69) is 43.5 Å². The highest BCUT2D eigenvalue weighted by atomic mass is 127. The smallest absolute Gasteiger partial charge is 0.337 e. The number of halogens is 2. The zero-order valence-electron chi connectivity index (χ0n) is 23.6. The number of fused-ring (bicyclic) bond motifs is 1. The molecule has 1 aromatic heterocycles. The highest BCUT2D eigenvalue weighted by Gasteiger charge is 2.31. The van der Waals surface area contributed by atoms with Gasteiger partial charge in [0.2, 0.25) is 0 Å². The molecule has 1 aliphatic rings. The fraction of sp³-hybridized carbons (Fsp3) is 0.219. The fourth-order valence-corrected chi connectivity index (χ4v) is 6.53. The molecule has 11 heteroatoms. The Kier molecular flexibility index (Phi) is 10.0. The number of hydrogen-bond acceptors (Lipinski definition) is 8. The first-order valence-corrected chi connectivity index (χ1v) is 16.2. The summed E-state index contributed by atoms with van der Waals surface area (Å²) in [5.74, 6) is 1.30. The van der Waals surface area contributed by atoms with Crippen LogP contribution in [0.15, 0.2) is 86.7 Å². The van der Waals surface area contributed by atoms with Crippen LogP contribution in [0.2, 0.25) is 0 Å². The molecule has 0 aliphatic carbocycles. The predicted octanol–water partition coefficient (Wildman–Crippen LogP) is 5.76. The van der Waals surface area contributed by atoms with Gasteiger partial charge in [0.15, 0.2) is 16.3 Å². The Morgan fingerprint density at radius 3 is 2.42 bits per heavy atom. The molecule has 0 saturated heterocycles. The SMILES string of the molecule is CCOc1ccc([C@@H]2C(C(=O)OC)=CN=c3s/c(=C\c4ccc(OCc5ccc(Br)cc5)c(I)c4)c(=O)n32)cc1OCC. The van der Waals surface area contributed by atoms with E-state index in [0.717, 1.165) is 24.9 Å². The highest BCUT2D eigenvalue weighted by molar-refractivity contribution is 14.1. The van der Waals surface area contributed by atoms with Crippen LogP contribution in [0.3, 0.4) is 0 Å². The maximum absolute atomic E-state index is 13.9. The zero-order valence-corrected chi connectivity index (χ0v) is 28.2. The second-order valence-electron chi connectivity index (χ2n) is 9.35. The molecule has 5 rings (SSSR count). The predicted molar refractivity (Wildman–Crippen MR) is 178 cm³/mol. The number of thiazole rings is 1. The number of aromatic nitrogens is 1. The fourth-order valence-electron chi connectivity index (χ4n) is 4.60. The van der Waals surface area contributed by atoms with Gasteiger partial charge in [-0.05, 0) is 95.6 Å². The number of carbonyl (C=O) groups is 1. The van der Waals surface area contributed by atoms with Crippen molar-refractivity contribution in [3.8, 4) is 17.2 Å². The number of ether oxygens (including phenoxy) is 4. The Labute approximate surface area is 274 Å². The molecule has 8 nitrogen and oxygen atoms in total. The van der Waals surface area contributed by atoms with Gasteiger partial charge in [-0.25, -0.2) is 9.79 Å². The number of rotatable bonds is 10. The normalized spacial score (nSPS) is 14.4. The quantitative estimate of drug-likeness (QED) is 0.151. The summed E-state index contributed by atoms with van der Waals surface area (Å²) in [6.07, 6.45) is 3.30. The second-order valence-corrected chi connectivity index (χ2v) is 12.4. The second kappa shape index (κ2) is 13.9. The van der Waals surface area contributed by atoms with E-state index in [9.17, 15) is 9.59 Å². The number of methoxy groups -OCH3 is 1. The zero-order chi connectivity index (χ0) is 30.5. The molecule has 3 aromatic carbocycles. The van der Waals surface area contributed by atoms with E-state index in [-0.39, 0.29) is 11.1 Å². The molecule has 0 spiro atoms. The summed E-state index contributed by atoms with van der Waals surface area (Å²) < 4.78 is 26.6. The molecule has 0 radical (unpaired) electrons. The van der Waals surface area contributed by atoms with E-state index in [4.69, 9.17) is 18.9 Å². The van der Waals surface area contributed by atoms with E-state index in [1.165, 1.54) is 29.2 Å². The van der Waals surface area contributed by atoms with Gasteiger partial charge < -0.3 is 18.9 Å². The monoisotopic (exact) mass is 774 g/mol. The maximum atomic E-state index is 13.9. The topological polar surface area (TPSA) is 88.4 Å². The van der Waals surface area contributed by atoms with Crippen LogP contribution in [0.5, 0.6) is 17.2 Å². The molecule has 0 amide bonds. The molecule has 1 aliphatic heterocycles. The van der Waals surface area contributed by atoms with Crippen molar-refractivity contribution in [2.24, 2.45) is 4.99 Å². The number of benzene rings is 3. The molecule has 0 unspecified atom stereocenters. The average Bonchev–Trinajstić information content (AvgIpc) is 3.32. The summed E-state index contributed by atoms with van der Waals surface area (Å²) >= 11 is 6.94. The minimum atomic E-state index is -0.754. The summed E-state index contributed by atoms with van der Waals surface area (Å²) in [6, 6.07) is 18.4. The Morgan fingerprint density at radius 1 is 1.00 bits per heavy atom. The van der Waals surface area contributed by atoms with Crippen LogP contribution < -0.4 is 29.1 Å². The molecule has 0 N–H and O–H groups in total. The van der Waals surface area contributed by atoms with Gasteiger partial charge in [-0.15, -0.1) is 0 Å². The first kappa shape index (κ1) is 31.0. The number of esters is 1. The van der Waals surface area contributed by atoms with Gasteiger partial charge in [-0.1, -0.05) is 51.5 Å². The van der Waals surface area contributed by atoms with E-state index in [1.54, 1.807) is 12.1 Å². The number of hydrogen-bond donors (Lipinski definition) is 0. The summed E-state index contributed by atoms with van der Waals surface area (Å²) in [5.41, 5.74) is 2.56. The third-order valence-electron chi connectivity index (χ3n) is 6.57. The van der Waals surface area contributed by atoms with Crippen LogP contribution in [-0.2, 0) is 16.1 Å². The van der Waals surface area contributed by atoms with Crippen LogP contribution in [0.1, 0.15) is 36.6 Å². The van der Waals surface area contributed by atoms with Gasteiger partial charge in [-0.2, -0.15) is 0 Å². The number of nitrogens with zero attached hydrogens (tertiary/aromatic N) is 2. The molecular weight excluding hydrogens is 747 g/mol. The first-order chi connectivity index (χ1) is 20.8. The molecule has 43 heavy (non-hydrogen) atoms. The Balaban J connectivity index is 1.51. The largest absolute Gasteiger partial charge is 0.490 e. The molecule has 0 saturated carbocycles. The molecule has 0 fully saturated rings. The summed E-state index contributed by atoms with van der Waals surface area (Å²) in [5, 5.41) is 0. The van der Waals surface area contributed by atoms with Gasteiger partial charge in [0, 0.05) is 10.7 Å². The summed E-state index contributed by atoms with van der Waals surface area (Å²) in [4.78, 5) is 31.7. The lowest BCUT2D eigenvalue weighted by molar-refractivity contribution is -0.136. The average molecular weight is 775 g/mol. The van der Waals surface area contributed by atoms with Crippen LogP contribution in [0.25, 0.3) is 6.08 Å². The van der Waals surface area contributed by atoms with E-state index < -0.39 is 12.0 Å². The minimum Gasteiger partial charge on any atom is -0.490 e. The Bertz CT molecular complexity index is 1870. The third-order valence-corrected chi connectivity index (χ3v) is 8.94. The molecular formula is C32H28BrIN2O6S. The van der Waals surface area contributed by atoms with Crippen molar-refractivity contribution in [3.63, 3.8) is 0 Å². The van der Waals surface area contributed by atoms with E-state index >= 15 is 0 Å². The van der Waals surface area contributed by atoms with Gasteiger partial charge >= 0.3 is 5.97 Å². The first-order valence-electron chi connectivity index (χ1n) is 13.5. The maximum Gasteiger partial charge on any atom is 0.337 e. The van der Waals surface area contributed by atoms with Crippen molar-refractivity contribution in [2.75, 3.05) is 20.3 Å². The highest BCUT2D eigenvalue weighted by Crippen LogP contribution is 2.35. The molecule has 0 bridgehead atoms. The summed E-state index contributed by atoms with van der Waals surface area (Å²) in [7, 11) is 1.31. The van der Waals surface area contributed by atoms with Crippen LogP contribution >= 0.6 is 49.9 Å². The lowest BCUT2D eigenvalue weighted by atomic mass is 9.97. The Hall–Kier alpha value is -3.42. The van der Waals surface area contributed by atoms with Gasteiger partial charge in [-0.3, -0.25) is 9.36 Å². The van der Waals surface area contributed by atoms with Crippen molar-refractivity contribution in [1.29, 1.82) is 0 Å². The van der Waals surface area contributed by atoms with Crippen LogP contribution in [-0.4, -0.2) is 30.9 Å². The van der Waals surface area contributed by atoms with Gasteiger partial charge in [0.1, 0.15) is 12.4 Å². The van der Waals surface area contributed by atoms with Crippen molar-refractivity contribution >= 4 is 61.9 Å². The molecule has 4 aromatic rings. The Morgan fingerprint density at radius 2 is 1.72 bits per heavy atom.